The van der Waals surface area contributed by atoms with Crippen LogP contribution in [0.2, 0.25) is 0 Å². The lowest BCUT2D eigenvalue weighted by atomic mass is 10.0. The Morgan fingerprint density at radius 3 is 2.34 bits per heavy atom. The monoisotopic (exact) mass is 528 g/mol. The van der Waals surface area contributed by atoms with E-state index in [4.69, 9.17) is 18.9 Å². The number of hydrogen-bond acceptors (Lipinski definition) is 8. The molecule has 1 aromatic heterocycles. The molecule has 0 radical (unpaired) electrons. The van der Waals surface area contributed by atoms with Crippen LogP contribution in [0.3, 0.4) is 0 Å². The van der Waals surface area contributed by atoms with Gasteiger partial charge in [0.2, 0.25) is 5.75 Å². The molecule has 3 atom stereocenters. The number of rotatable bonds is 10. The fourth-order valence-electron chi connectivity index (χ4n) is 3.45. The van der Waals surface area contributed by atoms with Crippen LogP contribution in [0, 0.1) is 11.6 Å². The van der Waals surface area contributed by atoms with Crippen molar-refractivity contribution in [1.82, 2.24) is 10.3 Å². The van der Waals surface area contributed by atoms with Gasteiger partial charge >= 0.3 is 11.9 Å². The lowest BCUT2D eigenvalue weighted by Gasteiger charge is -2.27. The summed E-state index contributed by atoms with van der Waals surface area (Å²) in [6, 6.07) is 11.6. The second-order valence-corrected chi connectivity index (χ2v) is 8.15. The highest BCUT2D eigenvalue weighted by molar-refractivity contribution is 5.98. The second-order valence-electron chi connectivity index (χ2n) is 8.15. The Morgan fingerprint density at radius 2 is 1.68 bits per heavy atom. The highest BCUT2D eigenvalue weighted by atomic mass is 19.1. The van der Waals surface area contributed by atoms with Crippen molar-refractivity contribution in [1.29, 1.82) is 0 Å². The highest BCUT2D eigenvalue weighted by Crippen LogP contribution is 2.31. The number of pyridine rings is 1. The van der Waals surface area contributed by atoms with Crippen LogP contribution in [0.25, 0.3) is 0 Å². The van der Waals surface area contributed by atoms with Gasteiger partial charge in [-0.3, -0.25) is 9.59 Å². The summed E-state index contributed by atoms with van der Waals surface area (Å²) < 4.78 is 49.4. The number of carbonyl (C=O) groups is 3. The average Bonchev–Trinajstić information content (AvgIpc) is 2.89. The summed E-state index contributed by atoms with van der Waals surface area (Å²) in [6.07, 6.45) is -0.715. The summed E-state index contributed by atoms with van der Waals surface area (Å²) >= 11 is 0. The van der Waals surface area contributed by atoms with E-state index in [2.05, 4.69) is 10.3 Å². The molecular formula is C27H26F2N2O7. The second kappa shape index (κ2) is 12.6. The van der Waals surface area contributed by atoms with Gasteiger partial charge in [-0.1, -0.05) is 30.3 Å². The fourth-order valence-corrected chi connectivity index (χ4v) is 3.45. The highest BCUT2D eigenvalue weighted by Gasteiger charge is 2.30. The number of esters is 2. The first-order valence-electron chi connectivity index (χ1n) is 11.5. The van der Waals surface area contributed by atoms with E-state index in [9.17, 15) is 23.2 Å². The van der Waals surface area contributed by atoms with E-state index in [-0.39, 0.29) is 22.9 Å². The Labute approximate surface area is 217 Å². The molecule has 0 saturated carbocycles. The zero-order chi connectivity index (χ0) is 27.8. The number of halogens is 2. The van der Waals surface area contributed by atoms with Crippen LogP contribution in [-0.4, -0.2) is 42.1 Å². The van der Waals surface area contributed by atoms with Gasteiger partial charge in [0.15, 0.2) is 29.1 Å². The van der Waals surface area contributed by atoms with Crippen LogP contribution < -0.4 is 19.5 Å². The molecule has 38 heavy (non-hydrogen) atoms. The molecule has 200 valence electrons. The third-order valence-electron chi connectivity index (χ3n) is 5.25. The van der Waals surface area contributed by atoms with E-state index in [0.717, 1.165) is 25.1 Å². The number of amides is 1. The van der Waals surface area contributed by atoms with Crippen LogP contribution in [-0.2, 0) is 14.3 Å². The summed E-state index contributed by atoms with van der Waals surface area (Å²) in [5.74, 6) is -4.32. The maximum absolute atomic E-state index is 14.3. The molecule has 11 heteroatoms. The van der Waals surface area contributed by atoms with Crippen molar-refractivity contribution in [2.45, 2.75) is 39.0 Å². The largest absolute Gasteiger partial charge is 0.493 e. The third-order valence-corrected chi connectivity index (χ3v) is 5.25. The van der Waals surface area contributed by atoms with E-state index >= 15 is 0 Å². The van der Waals surface area contributed by atoms with Crippen LogP contribution in [0.15, 0.2) is 60.8 Å². The van der Waals surface area contributed by atoms with Gasteiger partial charge in [0.25, 0.3) is 5.91 Å². The van der Waals surface area contributed by atoms with Crippen molar-refractivity contribution in [2.75, 3.05) is 7.11 Å². The number of nitrogens with one attached hydrogen (secondary N) is 1. The molecule has 2 aromatic carbocycles. The zero-order valence-corrected chi connectivity index (χ0v) is 21.1. The molecular weight excluding hydrogens is 502 g/mol. The number of aromatic nitrogens is 1. The number of hydrogen-bond donors (Lipinski definition) is 1. The van der Waals surface area contributed by atoms with Crippen LogP contribution in [0.4, 0.5) is 8.78 Å². The molecule has 0 unspecified atom stereocenters. The van der Waals surface area contributed by atoms with Gasteiger partial charge in [-0.2, -0.15) is 0 Å². The maximum Gasteiger partial charge on any atom is 0.328 e. The maximum atomic E-state index is 14.3. The molecule has 0 bridgehead atoms. The van der Waals surface area contributed by atoms with Gasteiger partial charge in [-0.25, -0.2) is 18.6 Å². The molecule has 0 fully saturated rings. The summed E-state index contributed by atoms with van der Waals surface area (Å²) in [4.78, 5) is 41.1. The summed E-state index contributed by atoms with van der Waals surface area (Å²) in [6.45, 7) is 4.05. The Kier molecular flexibility index (Phi) is 9.31. The van der Waals surface area contributed by atoms with Crippen molar-refractivity contribution in [2.24, 2.45) is 0 Å². The van der Waals surface area contributed by atoms with E-state index in [1.807, 2.05) is 0 Å². The smallest absolute Gasteiger partial charge is 0.328 e. The Balaban J connectivity index is 1.76. The summed E-state index contributed by atoms with van der Waals surface area (Å²) in [7, 11) is 1.33. The number of ether oxygens (including phenoxy) is 4. The molecule has 3 aromatic rings. The molecule has 0 aliphatic heterocycles. The van der Waals surface area contributed by atoms with Crippen LogP contribution >= 0.6 is 0 Å². The number of benzene rings is 2. The number of methoxy groups -OCH3 is 1. The number of nitrogens with zero attached hydrogens (tertiary/aromatic N) is 1. The molecule has 1 heterocycles. The van der Waals surface area contributed by atoms with E-state index in [1.54, 1.807) is 30.3 Å². The van der Waals surface area contributed by atoms with E-state index in [0.29, 0.717) is 5.56 Å². The predicted octanol–water partition coefficient (Wildman–Crippen LogP) is 4.16. The Hall–Kier alpha value is -4.54. The first kappa shape index (κ1) is 28.0. The molecule has 0 aliphatic rings. The first-order valence-corrected chi connectivity index (χ1v) is 11.5. The minimum Gasteiger partial charge on any atom is -0.493 e. The quantitative estimate of drug-likeness (QED) is 0.391. The van der Waals surface area contributed by atoms with E-state index < -0.39 is 47.7 Å². The number of carbonyl (C=O) groups excluding carboxylic acids is 3. The zero-order valence-electron chi connectivity index (χ0n) is 21.1. The average molecular weight is 529 g/mol. The van der Waals surface area contributed by atoms with Gasteiger partial charge < -0.3 is 24.3 Å². The molecule has 1 N–H and O–H groups in total. The topological polar surface area (TPSA) is 113 Å². The van der Waals surface area contributed by atoms with Gasteiger partial charge in [0.05, 0.1) is 7.11 Å². The SMILES string of the molecule is COc1ccnc(C(=O)N[C@@H](C)C(=O)O[C@@H](C)[C@H](Oc2cc(F)ccc2F)c2ccccc2)c1OC(C)=O. The van der Waals surface area contributed by atoms with Gasteiger partial charge in [-0.05, 0) is 31.5 Å². The van der Waals surface area contributed by atoms with E-state index in [1.165, 1.54) is 33.2 Å². The summed E-state index contributed by atoms with van der Waals surface area (Å²) in [5, 5.41) is 2.44. The fraction of sp³-hybridized carbons (Fsp3) is 0.259. The molecule has 0 saturated heterocycles. The summed E-state index contributed by atoms with van der Waals surface area (Å²) in [5.41, 5.74) is 0.263. The normalized spacial score (nSPS) is 13.0. The van der Waals surface area contributed by atoms with Gasteiger partial charge in [0, 0.05) is 25.3 Å². The Bertz CT molecular complexity index is 1300. The predicted molar refractivity (Wildman–Crippen MR) is 131 cm³/mol. The minimum atomic E-state index is -1.18. The van der Waals surface area contributed by atoms with Crippen LogP contribution in [0.1, 0.15) is 42.9 Å². The lowest BCUT2D eigenvalue weighted by Crippen LogP contribution is -2.42. The van der Waals surface area contributed by atoms with Crippen molar-refractivity contribution in [3.8, 4) is 17.2 Å². The van der Waals surface area contributed by atoms with Crippen molar-refractivity contribution < 1.29 is 42.1 Å². The molecule has 9 nitrogen and oxygen atoms in total. The van der Waals surface area contributed by atoms with Gasteiger partial charge in [0.1, 0.15) is 18.0 Å². The van der Waals surface area contributed by atoms with Gasteiger partial charge in [-0.15, -0.1) is 0 Å². The lowest BCUT2D eigenvalue weighted by molar-refractivity contribution is -0.154. The third kappa shape index (κ3) is 7.02. The molecule has 3 rings (SSSR count). The van der Waals surface area contributed by atoms with Crippen molar-refractivity contribution in [3.05, 3.63) is 83.7 Å². The standard InChI is InChI=1S/C27H26F2N2O7/c1-15(31-26(33)23-25(37-17(3)32)21(35-4)12-13-30-23)27(34)36-16(2)24(18-8-6-5-7-9-18)38-22-14-19(28)10-11-20(22)29/h5-16,24H,1-4H3,(H,31,33)/t15-,16-,24-/m0/s1. The van der Waals surface area contributed by atoms with Crippen molar-refractivity contribution >= 4 is 17.8 Å². The first-order chi connectivity index (χ1) is 18.1. The van der Waals surface area contributed by atoms with Crippen molar-refractivity contribution in [3.63, 3.8) is 0 Å². The minimum absolute atomic E-state index is 0.0941. The molecule has 1 amide bonds. The van der Waals surface area contributed by atoms with Crippen LogP contribution in [0.5, 0.6) is 17.2 Å². The molecule has 0 aliphatic carbocycles. The Morgan fingerprint density at radius 1 is 0.974 bits per heavy atom. The molecule has 0 spiro atoms.